The molecule has 1 heterocycles. The zero-order valence-electron chi connectivity index (χ0n) is 11.4. The molecule has 0 aliphatic heterocycles. The van der Waals surface area contributed by atoms with Crippen LogP contribution < -0.4 is 5.32 Å². The number of aromatic amines is 1. The summed E-state index contributed by atoms with van der Waals surface area (Å²) in [5, 5.41) is 12.6. The number of para-hydroxylation sites is 1. The van der Waals surface area contributed by atoms with Crippen LogP contribution in [-0.2, 0) is 12.8 Å². The third kappa shape index (κ3) is 2.03. The minimum atomic E-state index is 0.355. The van der Waals surface area contributed by atoms with Crippen molar-refractivity contribution in [3.63, 3.8) is 0 Å². The number of H-pyrrole nitrogens is 1. The zero-order chi connectivity index (χ0) is 14.2. The van der Waals surface area contributed by atoms with E-state index < -0.39 is 0 Å². The first-order chi connectivity index (χ1) is 10.3. The van der Waals surface area contributed by atoms with Crippen LogP contribution in [0.4, 0.5) is 5.95 Å². The molecule has 0 bridgehead atoms. The monoisotopic (exact) mass is 274 g/mol. The predicted octanol–water partition coefficient (Wildman–Crippen LogP) is 3.01. The Kier molecular flexibility index (Phi) is 2.65. The number of hydrogen-bond acceptors (Lipinski definition) is 3. The highest BCUT2D eigenvalue weighted by Gasteiger charge is 2.21. The van der Waals surface area contributed by atoms with Crippen LogP contribution in [0.2, 0.25) is 0 Å². The standard InChI is InChI=1S/C17H14N4/c18-10-13-6-3-7-15-16(13)21-17(20-15)19-14-8-11-4-1-2-5-12(11)9-14/h1-7,14H,8-9H2,(H2,19,20,21). The molecule has 21 heavy (non-hydrogen) atoms. The molecule has 1 aliphatic carbocycles. The summed E-state index contributed by atoms with van der Waals surface area (Å²) in [6.07, 6.45) is 2.02. The van der Waals surface area contributed by atoms with Crippen LogP contribution in [0, 0.1) is 11.3 Å². The lowest BCUT2D eigenvalue weighted by molar-refractivity contribution is 0.765. The van der Waals surface area contributed by atoms with E-state index in [4.69, 9.17) is 5.26 Å². The third-order valence-electron chi connectivity index (χ3n) is 4.03. The molecule has 4 rings (SSSR count). The largest absolute Gasteiger partial charge is 0.352 e. The van der Waals surface area contributed by atoms with Crippen molar-refractivity contribution < 1.29 is 0 Å². The average molecular weight is 274 g/mol. The number of nitrogens with one attached hydrogen (secondary N) is 2. The van der Waals surface area contributed by atoms with Crippen molar-refractivity contribution in [2.45, 2.75) is 18.9 Å². The average Bonchev–Trinajstić information content (AvgIpc) is 3.09. The lowest BCUT2D eigenvalue weighted by Crippen LogP contribution is -2.20. The van der Waals surface area contributed by atoms with E-state index in [2.05, 4.69) is 45.6 Å². The molecule has 0 saturated heterocycles. The number of nitrogens with zero attached hydrogens (tertiary/aromatic N) is 2. The summed E-state index contributed by atoms with van der Waals surface area (Å²) in [4.78, 5) is 7.77. The summed E-state index contributed by atoms with van der Waals surface area (Å²) >= 11 is 0. The number of imidazole rings is 1. The van der Waals surface area contributed by atoms with Gasteiger partial charge in [0.05, 0.1) is 11.1 Å². The molecule has 0 unspecified atom stereocenters. The molecule has 0 fully saturated rings. The first-order valence-electron chi connectivity index (χ1n) is 7.05. The van der Waals surface area contributed by atoms with E-state index in [1.54, 1.807) is 6.07 Å². The van der Waals surface area contributed by atoms with Gasteiger partial charge in [0.25, 0.3) is 0 Å². The predicted molar refractivity (Wildman–Crippen MR) is 82.1 cm³/mol. The Morgan fingerprint density at radius 3 is 2.57 bits per heavy atom. The smallest absolute Gasteiger partial charge is 0.201 e. The van der Waals surface area contributed by atoms with Gasteiger partial charge in [-0.25, -0.2) is 4.98 Å². The molecule has 3 aromatic rings. The van der Waals surface area contributed by atoms with E-state index in [0.29, 0.717) is 11.6 Å². The SMILES string of the molecule is N#Cc1cccc2[nH]c(NC3Cc4ccccc4C3)nc12. The fraction of sp³-hybridized carbons (Fsp3) is 0.176. The van der Waals surface area contributed by atoms with Gasteiger partial charge in [0, 0.05) is 6.04 Å². The fourth-order valence-electron chi connectivity index (χ4n) is 3.04. The highest BCUT2D eigenvalue weighted by molar-refractivity contribution is 5.83. The molecule has 0 spiro atoms. The molecule has 2 N–H and O–H groups in total. The van der Waals surface area contributed by atoms with Crippen LogP contribution in [-0.4, -0.2) is 16.0 Å². The number of nitriles is 1. The normalized spacial score (nSPS) is 14.0. The number of fused-ring (bicyclic) bond motifs is 2. The van der Waals surface area contributed by atoms with Gasteiger partial charge in [-0.2, -0.15) is 5.26 Å². The van der Waals surface area contributed by atoms with Gasteiger partial charge in [0.1, 0.15) is 11.6 Å². The molecular weight excluding hydrogens is 260 g/mol. The van der Waals surface area contributed by atoms with Crippen LogP contribution in [0.25, 0.3) is 11.0 Å². The van der Waals surface area contributed by atoms with Gasteiger partial charge in [-0.05, 0) is 36.1 Å². The Labute approximate surface area is 122 Å². The Hall–Kier alpha value is -2.80. The summed E-state index contributed by atoms with van der Waals surface area (Å²) in [6.45, 7) is 0. The quantitative estimate of drug-likeness (QED) is 0.755. The molecule has 0 amide bonds. The Morgan fingerprint density at radius 1 is 1.10 bits per heavy atom. The van der Waals surface area contributed by atoms with Crippen LogP contribution >= 0.6 is 0 Å². The van der Waals surface area contributed by atoms with Gasteiger partial charge in [-0.1, -0.05) is 30.3 Å². The third-order valence-corrected chi connectivity index (χ3v) is 4.03. The Morgan fingerprint density at radius 2 is 1.86 bits per heavy atom. The second-order valence-corrected chi connectivity index (χ2v) is 5.42. The van der Waals surface area contributed by atoms with Crippen molar-refractivity contribution in [2.24, 2.45) is 0 Å². The minimum Gasteiger partial charge on any atom is -0.352 e. The number of benzene rings is 2. The summed E-state index contributed by atoms with van der Waals surface area (Å²) in [7, 11) is 0. The van der Waals surface area contributed by atoms with Crippen molar-refractivity contribution in [3.05, 3.63) is 59.2 Å². The number of anilines is 1. The fourth-order valence-corrected chi connectivity index (χ4v) is 3.04. The van der Waals surface area contributed by atoms with Gasteiger partial charge in [0.2, 0.25) is 5.95 Å². The number of hydrogen-bond donors (Lipinski definition) is 2. The molecular formula is C17H14N4. The van der Waals surface area contributed by atoms with Gasteiger partial charge < -0.3 is 10.3 Å². The highest BCUT2D eigenvalue weighted by Crippen LogP contribution is 2.25. The lowest BCUT2D eigenvalue weighted by Gasteiger charge is -2.10. The zero-order valence-corrected chi connectivity index (χ0v) is 11.4. The second kappa shape index (κ2) is 4.64. The van der Waals surface area contributed by atoms with Crippen molar-refractivity contribution in [2.75, 3.05) is 5.32 Å². The molecule has 4 heteroatoms. The number of aromatic nitrogens is 2. The Bertz CT molecular complexity index is 832. The van der Waals surface area contributed by atoms with Crippen molar-refractivity contribution in [3.8, 4) is 6.07 Å². The Balaban J connectivity index is 1.61. The molecule has 1 aliphatic rings. The second-order valence-electron chi connectivity index (χ2n) is 5.42. The van der Waals surface area contributed by atoms with E-state index >= 15 is 0 Å². The van der Waals surface area contributed by atoms with Crippen LogP contribution in [0.3, 0.4) is 0 Å². The van der Waals surface area contributed by atoms with Crippen LogP contribution in [0.5, 0.6) is 0 Å². The summed E-state index contributed by atoms with van der Waals surface area (Å²) in [5.74, 6) is 0.741. The molecule has 2 aromatic carbocycles. The first kappa shape index (κ1) is 12.0. The van der Waals surface area contributed by atoms with Gasteiger partial charge in [0.15, 0.2) is 0 Å². The van der Waals surface area contributed by atoms with Crippen molar-refractivity contribution in [1.29, 1.82) is 5.26 Å². The maximum atomic E-state index is 9.12. The summed E-state index contributed by atoms with van der Waals surface area (Å²) in [6, 6.07) is 16.7. The van der Waals surface area contributed by atoms with Gasteiger partial charge in [-0.3, -0.25) is 0 Å². The van der Waals surface area contributed by atoms with Crippen LogP contribution in [0.15, 0.2) is 42.5 Å². The van der Waals surface area contributed by atoms with Crippen LogP contribution in [0.1, 0.15) is 16.7 Å². The van der Waals surface area contributed by atoms with E-state index in [9.17, 15) is 0 Å². The molecule has 0 radical (unpaired) electrons. The lowest BCUT2D eigenvalue weighted by atomic mass is 10.1. The molecule has 102 valence electrons. The van der Waals surface area contributed by atoms with Crippen molar-refractivity contribution in [1.82, 2.24) is 9.97 Å². The van der Waals surface area contributed by atoms with Gasteiger partial charge >= 0.3 is 0 Å². The van der Waals surface area contributed by atoms with E-state index in [1.165, 1.54) is 11.1 Å². The molecule has 1 aromatic heterocycles. The topological polar surface area (TPSA) is 64.5 Å². The molecule has 0 saturated carbocycles. The van der Waals surface area contributed by atoms with E-state index in [0.717, 1.165) is 29.8 Å². The summed E-state index contributed by atoms with van der Waals surface area (Å²) < 4.78 is 0. The maximum Gasteiger partial charge on any atom is 0.201 e. The maximum absolute atomic E-state index is 9.12. The molecule has 0 atom stereocenters. The van der Waals surface area contributed by atoms with Gasteiger partial charge in [-0.15, -0.1) is 0 Å². The number of rotatable bonds is 2. The van der Waals surface area contributed by atoms with Crippen molar-refractivity contribution >= 4 is 17.0 Å². The van der Waals surface area contributed by atoms with E-state index in [-0.39, 0.29) is 0 Å². The highest BCUT2D eigenvalue weighted by atomic mass is 15.1. The minimum absolute atomic E-state index is 0.355. The first-order valence-corrected chi connectivity index (χ1v) is 7.05. The molecule has 4 nitrogen and oxygen atoms in total. The van der Waals surface area contributed by atoms with E-state index in [1.807, 2.05) is 12.1 Å². The summed E-state index contributed by atoms with van der Waals surface area (Å²) in [5.41, 5.74) is 5.05.